The lowest BCUT2D eigenvalue weighted by Gasteiger charge is -2.32. The molecule has 0 fully saturated rings. The number of aliphatic imine (C=N–C) groups is 1. The molecule has 2 heterocycles. The van der Waals surface area contributed by atoms with Crippen molar-refractivity contribution in [1.29, 1.82) is 0 Å². The summed E-state index contributed by atoms with van der Waals surface area (Å²) >= 11 is 1.48. The van der Waals surface area contributed by atoms with Gasteiger partial charge >= 0.3 is 12.1 Å². The number of ether oxygens (including phenoxy) is 2. The van der Waals surface area contributed by atoms with Gasteiger partial charge in [0.25, 0.3) is 0 Å². The number of thioether (sulfide) groups is 1. The summed E-state index contributed by atoms with van der Waals surface area (Å²) < 4.78 is 52.3. The van der Waals surface area contributed by atoms with Crippen LogP contribution in [0.1, 0.15) is 24.0 Å². The van der Waals surface area contributed by atoms with Crippen LogP contribution in [0.5, 0.6) is 0 Å². The highest BCUT2D eigenvalue weighted by Crippen LogP contribution is 2.46. The first-order chi connectivity index (χ1) is 14.8. The maximum atomic E-state index is 13.9. The first-order valence-corrected chi connectivity index (χ1v) is 10.9. The molecule has 168 valence electrons. The first kappa shape index (κ1) is 23.2. The Kier molecular flexibility index (Phi) is 7.32. The van der Waals surface area contributed by atoms with Gasteiger partial charge < -0.3 is 20.5 Å². The van der Waals surface area contributed by atoms with Crippen molar-refractivity contribution in [3.8, 4) is 0 Å². The Morgan fingerprint density at radius 2 is 2.10 bits per heavy atom. The molecule has 10 heteroatoms. The van der Waals surface area contributed by atoms with Crippen LogP contribution in [0.15, 0.2) is 51.8 Å². The predicted molar refractivity (Wildman–Crippen MR) is 114 cm³/mol. The van der Waals surface area contributed by atoms with Crippen LogP contribution >= 0.6 is 11.8 Å². The van der Waals surface area contributed by atoms with Gasteiger partial charge in [-0.2, -0.15) is 24.9 Å². The molecule has 2 aliphatic rings. The van der Waals surface area contributed by atoms with E-state index in [1.807, 2.05) is 0 Å². The molecular weight excluding hydrogens is 431 g/mol. The van der Waals surface area contributed by atoms with E-state index in [1.54, 1.807) is 6.92 Å². The summed E-state index contributed by atoms with van der Waals surface area (Å²) in [5.74, 6) is -0.483. The summed E-state index contributed by atoms with van der Waals surface area (Å²) in [6.45, 7) is 2.41. The molecule has 0 aromatic heterocycles. The maximum absolute atomic E-state index is 13.9. The second-order valence-corrected chi connectivity index (χ2v) is 7.92. The zero-order valence-corrected chi connectivity index (χ0v) is 18.0. The maximum Gasteiger partial charge on any atom is 0.416 e. The van der Waals surface area contributed by atoms with E-state index >= 15 is 0 Å². The van der Waals surface area contributed by atoms with Crippen molar-refractivity contribution in [1.82, 2.24) is 5.32 Å². The van der Waals surface area contributed by atoms with Gasteiger partial charge in [0.2, 0.25) is 5.90 Å². The van der Waals surface area contributed by atoms with E-state index in [0.29, 0.717) is 35.0 Å². The molecule has 0 bridgehead atoms. The highest BCUT2D eigenvalue weighted by Gasteiger charge is 2.44. The molecule has 31 heavy (non-hydrogen) atoms. The van der Waals surface area contributed by atoms with Crippen LogP contribution in [0.25, 0.3) is 0 Å². The molecule has 0 spiro atoms. The summed E-state index contributed by atoms with van der Waals surface area (Å²) in [5, 5.41) is 3.21. The number of nitrogens with two attached hydrogens (primary N) is 1. The third kappa shape index (κ3) is 4.74. The Hall–Kier alpha value is -2.46. The fraction of sp³-hybridized carbons (Fsp3) is 0.429. The van der Waals surface area contributed by atoms with Crippen molar-refractivity contribution in [2.24, 2.45) is 10.7 Å². The van der Waals surface area contributed by atoms with E-state index < -0.39 is 23.6 Å². The Labute approximate surface area is 182 Å². The molecule has 6 nitrogen and oxygen atoms in total. The van der Waals surface area contributed by atoms with Crippen molar-refractivity contribution in [2.75, 3.05) is 38.3 Å². The van der Waals surface area contributed by atoms with E-state index in [0.717, 1.165) is 6.07 Å². The van der Waals surface area contributed by atoms with Crippen molar-refractivity contribution < 1.29 is 27.4 Å². The molecule has 0 radical (unpaired) electrons. The number of carbonyl (C=O) groups is 1. The minimum atomic E-state index is -4.60. The van der Waals surface area contributed by atoms with Crippen LogP contribution in [0.4, 0.5) is 13.2 Å². The van der Waals surface area contributed by atoms with Gasteiger partial charge in [0.05, 0.1) is 37.3 Å². The average molecular weight is 456 g/mol. The number of nitrogens with one attached hydrogen (secondary N) is 1. The van der Waals surface area contributed by atoms with Gasteiger partial charge in [-0.1, -0.05) is 18.2 Å². The third-order valence-corrected chi connectivity index (χ3v) is 5.93. The Morgan fingerprint density at radius 3 is 2.74 bits per heavy atom. The topological polar surface area (TPSA) is 85.9 Å². The minimum absolute atomic E-state index is 0.0416. The second kappa shape index (κ2) is 9.78. The van der Waals surface area contributed by atoms with Crippen LogP contribution in [0, 0.1) is 0 Å². The molecule has 0 amide bonds. The van der Waals surface area contributed by atoms with E-state index in [1.165, 1.54) is 37.1 Å². The molecule has 1 atom stereocenters. The smallest absolute Gasteiger partial charge is 0.416 e. The highest BCUT2D eigenvalue weighted by molar-refractivity contribution is 7.99. The lowest BCUT2D eigenvalue weighted by atomic mass is 9.78. The SMILES string of the molecule is CCOC(=O)C1=C(CSCCN)NC2=C(C(OC)=NC2)C1c1ccccc1C(F)(F)F. The number of rotatable bonds is 7. The van der Waals surface area contributed by atoms with Gasteiger partial charge in [0.15, 0.2) is 0 Å². The molecule has 3 rings (SSSR count). The van der Waals surface area contributed by atoms with E-state index in [-0.39, 0.29) is 30.2 Å². The monoisotopic (exact) mass is 455 g/mol. The number of halogens is 3. The molecule has 1 aromatic rings. The van der Waals surface area contributed by atoms with E-state index in [9.17, 15) is 18.0 Å². The Balaban J connectivity index is 2.23. The minimum Gasteiger partial charge on any atom is -0.481 e. The van der Waals surface area contributed by atoms with Crippen LogP contribution < -0.4 is 11.1 Å². The van der Waals surface area contributed by atoms with E-state index in [4.69, 9.17) is 15.2 Å². The highest BCUT2D eigenvalue weighted by atomic mass is 32.2. The predicted octanol–water partition coefficient (Wildman–Crippen LogP) is 3.21. The fourth-order valence-corrected chi connectivity index (χ4v) is 4.48. The van der Waals surface area contributed by atoms with Crippen molar-refractivity contribution in [2.45, 2.75) is 19.0 Å². The number of nitrogens with zero attached hydrogens (tertiary/aromatic N) is 1. The molecule has 0 saturated heterocycles. The van der Waals surface area contributed by atoms with Gasteiger partial charge in [0, 0.05) is 35.0 Å². The standard InChI is InChI=1S/C21H24F3N3O3S/c1-3-30-20(28)18-15(11-31-9-8-25)27-14-10-26-19(29-2)17(14)16(18)12-6-4-5-7-13(12)21(22,23)24/h4-7,16,27H,3,8-11,25H2,1-2H3. The number of hydrogen-bond donors (Lipinski definition) is 2. The molecule has 3 N–H and O–H groups in total. The normalized spacial score (nSPS) is 18.5. The molecule has 0 aliphatic carbocycles. The summed E-state index contributed by atoms with van der Waals surface area (Å²) in [4.78, 5) is 17.3. The van der Waals surface area contributed by atoms with Crippen LogP contribution in [0.3, 0.4) is 0 Å². The van der Waals surface area contributed by atoms with E-state index in [2.05, 4.69) is 10.3 Å². The number of esters is 1. The molecule has 0 saturated carbocycles. The Morgan fingerprint density at radius 1 is 1.35 bits per heavy atom. The first-order valence-electron chi connectivity index (χ1n) is 9.76. The van der Waals surface area contributed by atoms with Gasteiger partial charge in [-0.15, -0.1) is 0 Å². The lowest BCUT2D eigenvalue weighted by Crippen LogP contribution is -2.34. The number of hydrogen-bond acceptors (Lipinski definition) is 7. The summed E-state index contributed by atoms with van der Waals surface area (Å²) in [6, 6.07) is 5.26. The summed E-state index contributed by atoms with van der Waals surface area (Å²) in [7, 11) is 1.40. The quantitative estimate of drug-likeness (QED) is 0.485. The zero-order valence-electron chi connectivity index (χ0n) is 17.2. The van der Waals surface area contributed by atoms with Gasteiger partial charge in [-0.05, 0) is 18.6 Å². The molecule has 1 aromatic carbocycles. The van der Waals surface area contributed by atoms with Crippen LogP contribution in [0.2, 0.25) is 0 Å². The van der Waals surface area contributed by atoms with Crippen molar-refractivity contribution in [3.63, 3.8) is 0 Å². The lowest BCUT2D eigenvalue weighted by molar-refractivity contribution is -0.140. The Bertz CT molecular complexity index is 941. The number of alkyl halides is 3. The average Bonchev–Trinajstić information content (AvgIpc) is 3.15. The molecular formula is C21H24F3N3O3S. The fourth-order valence-electron chi connectivity index (χ4n) is 3.74. The van der Waals surface area contributed by atoms with Crippen molar-refractivity contribution in [3.05, 3.63) is 57.9 Å². The third-order valence-electron chi connectivity index (χ3n) is 4.92. The number of methoxy groups -OCH3 is 1. The molecule has 1 unspecified atom stereocenters. The van der Waals surface area contributed by atoms with Crippen LogP contribution in [-0.4, -0.2) is 50.2 Å². The van der Waals surface area contributed by atoms with Gasteiger partial charge in [0.1, 0.15) is 0 Å². The number of benzene rings is 1. The largest absolute Gasteiger partial charge is 0.481 e. The van der Waals surface area contributed by atoms with Crippen LogP contribution in [-0.2, 0) is 20.4 Å². The summed E-state index contributed by atoms with van der Waals surface area (Å²) in [6.07, 6.45) is -4.60. The van der Waals surface area contributed by atoms with Gasteiger partial charge in [-0.25, -0.2) is 9.79 Å². The molecule has 2 aliphatic heterocycles. The summed E-state index contributed by atoms with van der Waals surface area (Å²) in [5.41, 5.74) is 6.41. The van der Waals surface area contributed by atoms with Crippen molar-refractivity contribution >= 4 is 23.6 Å². The second-order valence-electron chi connectivity index (χ2n) is 6.81. The number of carbonyl (C=O) groups excluding carboxylic acids is 1. The van der Waals surface area contributed by atoms with Gasteiger partial charge in [-0.3, -0.25) is 0 Å². The zero-order chi connectivity index (χ0) is 22.6. The number of dihydropyridines is 1.